The number of benzene rings is 2. The van der Waals surface area contributed by atoms with Gasteiger partial charge in [0.15, 0.2) is 6.61 Å². The smallest absolute Gasteiger partial charge is 0.339 e. The molecule has 0 bridgehead atoms. The molecule has 0 saturated heterocycles. The van der Waals surface area contributed by atoms with Crippen molar-refractivity contribution in [1.82, 2.24) is 0 Å². The van der Waals surface area contributed by atoms with Crippen LogP contribution in [0.25, 0.3) is 0 Å². The Hall–Kier alpha value is -2.73. The molecule has 0 atom stereocenters. The summed E-state index contributed by atoms with van der Waals surface area (Å²) in [5.74, 6) is -1.59. The monoisotopic (exact) mass is 335 g/mol. The van der Waals surface area contributed by atoms with E-state index >= 15 is 0 Å². The molecule has 2 aromatic carbocycles. The molecule has 23 heavy (non-hydrogen) atoms. The highest BCUT2D eigenvalue weighted by Crippen LogP contribution is 2.23. The zero-order valence-electron chi connectivity index (χ0n) is 12.2. The van der Waals surface area contributed by atoms with Crippen molar-refractivity contribution in [2.24, 2.45) is 0 Å². The number of phenols is 1. The van der Waals surface area contributed by atoms with Gasteiger partial charge in [-0.1, -0.05) is 11.6 Å². The summed E-state index contributed by atoms with van der Waals surface area (Å²) in [5.41, 5.74) is 0.752. The number of carbonyl (C=O) groups is 2. The van der Waals surface area contributed by atoms with Crippen LogP contribution in [-0.2, 0) is 4.79 Å². The number of anilines is 1. The summed E-state index contributed by atoms with van der Waals surface area (Å²) in [6.07, 6.45) is 0. The third-order valence-corrected chi connectivity index (χ3v) is 3.24. The maximum absolute atomic E-state index is 11.9. The van der Waals surface area contributed by atoms with E-state index in [1.807, 2.05) is 0 Å². The number of hydrogen-bond acceptors (Lipinski definition) is 4. The average Bonchev–Trinajstić information content (AvgIpc) is 2.48. The van der Waals surface area contributed by atoms with Crippen molar-refractivity contribution in [1.29, 1.82) is 0 Å². The van der Waals surface area contributed by atoms with Gasteiger partial charge >= 0.3 is 5.97 Å². The average molecular weight is 336 g/mol. The highest BCUT2D eigenvalue weighted by atomic mass is 35.5. The van der Waals surface area contributed by atoms with Crippen molar-refractivity contribution in [3.8, 4) is 11.5 Å². The Labute approximate surface area is 137 Å². The summed E-state index contributed by atoms with van der Waals surface area (Å²) < 4.78 is 5.39. The summed E-state index contributed by atoms with van der Waals surface area (Å²) in [4.78, 5) is 22.8. The Morgan fingerprint density at radius 2 is 1.96 bits per heavy atom. The maximum Gasteiger partial charge on any atom is 0.339 e. The number of carbonyl (C=O) groups excluding carboxylic acids is 1. The van der Waals surface area contributed by atoms with Crippen LogP contribution in [0.2, 0.25) is 5.02 Å². The lowest BCUT2D eigenvalue weighted by atomic mass is 10.2. The third-order valence-electron chi connectivity index (χ3n) is 3.01. The van der Waals surface area contributed by atoms with Crippen molar-refractivity contribution in [2.75, 3.05) is 11.9 Å². The SMILES string of the molecule is Cc1cc(Cl)ccc1OCC(=O)Nc1ccc(O)c(C(=O)O)c1. The van der Waals surface area contributed by atoms with Crippen LogP contribution in [0.3, 0.4) is 0 Å². The molecular weight excluding hydrogens is 322 g/mol. The van der Waals surface area contributed by atoms with E-state index in [0.29, 0.717) is 10.8 Å². The lowest BCUT2D eigenvalue weighted by Gasteiger charge is -2.10. The van der Waals surface area contributed by atoms with Gasteiger partial charge in [-0.05, 0) is 48.9 Å². The minimum absolute atomic E-state index is 0.244. The van der Waals surface area contributed by atoms with Crippen molar-refractivity contribution < 1.29 is 24.5 Å². The molecule has 1 amide bonds. The second kappa shape index (κ2) is 7.02. The van der Waals surface area contributed by atoms with Gasteiger partial charge in [0.25, 0.3) is 5.91 Å². The molecule has 6 nitrogen and oxygen atoms in total. The highest BCUT2D eigenvalue weighted by Gasteiger charge is 2.12. The standard InChI is InChI=1S/C16H14ClNO5/c1-9-6-10(17)2-5-14(9)23-8-15(20)18-11-3-4-13(19)12(7-11)16(21)22/h2-7,19H,8H2,1H3,(H,18,20)(H,21,22). The van der Waals surface area contributed by atoms with E-state index in [9.17, 15) is 14.7 Å². The molecule has 2 rings (SSSR count). The second-order valence-corrected chi connectivity index (χ2v) is 5.22. The van der Waals surface area contributed by atoms with Crippen LogP contribution < -0.4 is 10.1 Å². The summed E-state index contributed by atoms with van der Waals surface area (Å²) in [6, 6.07) is 8.79. The molecule has 0 aliphatic rings. The first-order chi connectivity index (χ1) is 10.9. The third kappa shape index (κ3) is 4.37. The molecule has 0 aliphatic heterocycles. The fraction of sp³-hybridized carbons (Fsp3) is 0.125. The predicted octanol–water partition coefficient (Wildman–Crippen LogP) is 3.07. The normalized spacial score (nSPS) is 10.2. The molecule has 2 aromatic rings. The van der Waals surface area contributed by atoms with Crippen LogP contribution in [0.5, 0.6) is 11.5 Å². The zero-order chi connectivity index (χ0) is 17.0. The van der Waals surface area contributed by atoms with Crippen LogP contribution in [0.15, 0.2) is 36.4 Å². The Kier molecular flexibility index (Phi) is 5.08. The minimum Gasteiger partial charge on any atom is -0.507 e. The molecule has 0 radical (unpaired) electrons. The van der Waals surface area contributed by atoms with Crippen LogP contribution in [0, 0.1) is 6.92 Å². The van der Waals surface area contributed by atoms with Gasteiger partial charge in [0, 0.05) is 10.7 Å². The number of aryl methyl sites for hydroxylation is 1. The van der Waals surface area contributed by atoms with Gasteiger partial charge in [-0.2, -0.15) is 0 Å². The number of hydrogen-bond donors (Lipinski definition) is 3. The number of halogens is 1. The summed E-state index contributed by atoms with van der Waals surface area (Å²) in [7, 11) is 0. The van der Waals surface area contributed by atoms with Gasteiger partial charge in [-0.25, -0.2) is 4.79 Å². The first kappa shape index (κ1) is 16.6. The molecule has 0 heterocycles. The molecule has 0 spiro atoms. The van der Waals surface area contributed by atoms with Crippen LogP contribution >= 0.6 is 11.6 Å². The van der Waals surface area contributed by atoms with Crippen molar-refractivity contribution in [2.45, 2.75) is 6.92 Å². The number of carboxylic acids is 1. The van der Waals surface area contributed by atoms with Gasteiger partial charge in [0.1, 0.15) is 17.1 Å². The molecule has 0 saturated carbocycles. The largest absolute Gasteiger partial charge is 0.507 e. The number of carboxylic acid groups (broad SMARTS) is 1. The van der Waals surface area contributed by atoms with E-state index in [4.69, 9.17) is 21.4 Å². The Morgan fingerprint density at radius 1 is 1.22 bits per heavy atom. The van der Waals surface area contributed by atoms with E-state index in [0.717, 1.165) is 5.56 Å². The van der Waals surface area contributed by atoms with Crippen LogP contribution in [0.1, 0.15) is 15.9 Å². The van der Waals surface area contributed by atoms with Gasteiger partial charge in [-0.3, -0.25) is 4.79 Å². The fourth-order valence-electron chi connectivity index (χ4n) is 1.90. The first-order valence-electron chi connectivity index (χ1n) is 6.62. The van der Waals surface area contributed by atoms with Gasteiger partial charge < -0.3 is 20.3 Å². The maximum atomic E-state index is 11.9. The fourth-order valence-corrected chi connectivity index (χ4v) is 2.13. The molecule has 3 N–H and O–H groups in total. The van der Waals surface area contributed by atoms with Gasteiger partial charge in [-0.15, -0.1) is 0 Å². The van der Waals surface area contributed by atoms with E-state index in [2.05, 4.69) is 5.32 Å². The first-order valence-corrected chi connectivity index (χ1v) is 6.99. The zero-order valence-corrected chi connectivity index (χ0v) is 12.9. The summed E-state index contributed by atoms with van der Waals surface area (Å²) in [6.45, 7) is 1.56. The quantitative estimate of drug-likeness (QED) is 0.730. The van der Waals surface area contributed by atoms with E-state index in [1.54, 1.807) is 25.1 Å². The van der Waals surface area contributed by atoms with E-state index < -0.39 is 11.9 Å². The second-order valence-electron chi connectivity index (χ2n) is 4.78. The van der Waals surface area contributed by atoms with Gasteiger partial charge in [0.2, 0.25) is 0 Å². The molecular formula is C16H14ClNO5. The lowest BCUT2D eigenvalue weighted by Crippen LogP contribution is -2.20. The Morgan fingerprint density at radius 3 is 2.61 bits per heavy atom. The van der Waals surface area contributed by atoms with Crippen molar-refractivity contribution >= 4 is 29.2 Å². The van der Waals surface area contributed by atoms with E-state index in [1.165, 1.54) is 18.2 Å². The summed E-state index contributed by atoms with van der Waals surface area (Å²) in [5, 5.41) is 21.4. The number of nitrogens with one attached hydrogen (secondary N) is 1. The molecule has 7 heteroatoms. The van der Waals surface area contributed by atoms with Crippen LogP contribution in [0.4, 0.5) is 5.69 Å². The lowest BCUT2D eigenvalue weighted by molar-refractivity contribution is -0.118. The number of ether oxygens (including phenoxy) is 1. The van der Waals surface area contributed by atoms with Crippen molar-refractivity contribution in [3.63, 3.8) is 0 Å². The topological polar surface area (TPSA) is 95.9 Å². The number of aromatic hydroxyl groups is 1. The van der Waals surface area contributed by atoms with Crippen LogP contribution in [-0.4, -0.2) is 28.7 Å². The number of aromatic carboxylic acids is 1. The Bertz CT molecular complexity index is 760. The Balaban J connectivity index is 2.00. The van der Waals surface area contributed by atoms with Crippen molar-refractivity contribution in [3.05, 3.63) is 52.5 Å². The molecule has 0 unspecified atom stereocenters. The molecule has 0 aliphatic carbocycles. The highest BCUT2D eigenvalue weighted by molar-refractivity contribution is 6.30. The predicted molar refractivity (Wildman–Crippen MR) is 85.4 cm³/mol. The molecule has 120 valence electrons. The number of rotatable bonds is 5. The van der Waals surface area contributed by atoms with Gasteiger partial charge in [0.05, 0.1) is 0 Å². The number of amides is 1. The summed E-state index contributed by atoms with van der Waals surface area (Å²) >= 11 is 5.84. The molecule has 0 fully saturated rings. The van der Waals surface area contributed by atoms with E-state index in [-0.39, 0.29) is 23.6 Å². The molecule has 0 aromatic heterocycles. The minimum atomic E-state index is -1.29.